The van der Waals surface area contributed by atoms with Gasteiger partial charge in [-0.3, -0.25) is 10.1 Å². The van der Waals surface area contributed by atoms with Crippen LogP contribution in [0.5, 0.6) is 5.75 Å². The maximum atomic E-state index is 10.9. The summed E-state index contributed by atoms with van der Waals surface area (Å²) in [5.41, 5.74) is 7.95. The van der Waals surface area contributed by atoms with Gasteiger partial charge in [0.1, 0.15) is 5.75 Å². The van der Waals surface area contributed by atoms with E-state index in [4.69, 9.17) is 10.5 Å². The Labute approximate surface area is 126 Å². The van der Waals surface area contributed by atoms with Gasteiger partial charge in [-0.05, 0) is 38.1 Å². The number of non-ortho nitro benzene ring substituents is 1. The van der Waals surface area contributed by atoms with Gasteiger partial charge < -0.3 is 10.5 Å². The molecule has 0 aliphatic carbocycles. The smallest absolute Gasteiger partial charge is 0.271 e. The van der Waals surface area contributed by atoms with Crippen molar-refractivity contribution in [1.29, 1.82) is 0 Å². The van der Waals surface area contributed by atoms with E-state index in [2.05, 4.69) is 4.98 Å². The van der Waals surface area contributed by atoms with Gasteiger partial charge in [-0.2, -0.15) is 0 Å². The highest BCUT2D eigenvalue weighted by Gasteiger charge is 2.12. The molecule has 0 atom stereocenters. The van der Waals surface area contributed by atoms with Crippen molar-refractivity contribution in [1.82, 2.24) is 4.98 Å². The molecule has 0 spiro atoms. The van der Waals surface area contributed by atoms with Crippen LogP contribution in [0.3, 0.4) is 0 Å². The van der Waals surface area contributed by atoms with Crippen molar-refractivity contribution in [3.63, 3.8) is 0 Å². The Balaban J connectivity index is 2.24. The predicted octanol–water partition coefficient (Wildman–Crippen LogP) is 3.67. The van der Waals surface area contributed by atoms with Crippen LogP contribution >= 0.6 is 0 Å². The van der Waals surface area contributed by atoms with Crippen LogP contribution in [0.15, 0.2) is 36.4 Å². The highest BCUT2D eigenvalue weighted by Crippen LogP contribution is 2.32. The summed E-state index contributed by atoms with van der Waals surface area (Å²) in [6.07, 6.45) is 0.0646. The average Bonchev–Trinajstić information content (AvgIpc) is 2.47. The number of benzene rings is 2. The minimum atomic E-state index is -0.443. The molecule has 3 aromatic rings. The van der Waals surface area contributed by atoms with Crippen molar-refractivity contribution >= 4 is 33.2 Å². The molecule has 112 valence electrons. The number of nitro groups is 1. The fraction of sp³-hybridized carbons (Fsp3) is 0.188. The number of fused-ring (bicyclic) bond motifs is 2. The van der Waals surface area contributed by atoms with E-state index in [0.29, 0.717) is 22.1 Å². The first-order valence-corrected chi connectivity index (χ1v) is 6.90. The summed E-state index contributed by atoms with van der Waals surface area (Å²) in [6, 6.07) is 9.97. The van der Waals surface area contributed by atoms with Crippen molar-refractivity contribution in [3.8, 4) is 5.75 Å². The number of pyridine rings is 1. The molecule has 0 aliphatic rings. The maximum Gasteiger partial charge on any atom is 0.271 e. The van der Waals surface area contributed by atoms with Gasteiger partial charge in [0.15, 0.2) is 0 Å². The lowest BCUT2D eigenvalue weighted by molar-refractivity contribution is -0.384. The number of aromatic nitrogens is 1. The zero-order chi connectivity index (χ0) is 15.9. The molecule has 1 aromatic heterocycles. The van der Waals surface area contributed by atoms with E-state index < -0.39 is 4.92 Å². The topological polar surface area (TPSA) is 91.3 Å². The van der Waals surface area contributed by atoms with E-state index in [1.807, 2.05) is 32.0 Å². The van der Waals surface area contributed by atoms with Crippen LogP contribution in [0.4, 0.5) is 11.4 Å². The predicted molar refractivity (Wildman–Crippen MR) is 86.1 cm³/mol. The van der Waals surface area contributed by atoms with Gasteiger partial charge in [-0.1, -0.05) is 0 Å². The minimum absolute atomic E-state index is 0.00138. The van der Waals surface area contributed by atoms with Gasteiger partial charge in [-0.25, -0.2) is 4.98 Å². The molecule has 0 bridgehead atoms. The molecule has 0 radical (unpaired) electrons. The molecule has 1 heterocycles. The highest BCUT2D eigenvalue weighted by atomic mass is 16.6. The summed E-state index contributed by atoms with van der Waals surface area (Å²) in [6.45, 7) is 3.90. The number of hydrogen-bond acceptors (Lipinski definition) is 5. The van der Waals surface area contributed by atoms with E-state index in [-0.39, 0.29) is 11.8 Å². The molecule has 2 N–H and O–H groups in total. The Morgan fingerprint density at radius 3 is 2.59 bits per heavy atom. The Morgan fingerprint density at radius 1 is 1.14 bits per heavy atom. The van der Waals surface area contributed by atoms with Crippen molar-refractivity contribution < 1.29 is 9.66 Å². The van der Waals surface area contributed by atoms with Gasteiger partial charge in [0.25, 0.3) is 5.69 Å². The molecular weight excluding hydrogens is 282 g/mol. The van der Waals surface area contributed by atoms with Crippen LogP contribution in [0.25, 0.3) is 21.8 Å². The molecule has 0 unspecified atom stereocenters. The van der Waals surface area contributed by atoms with Gasteiger partial charge in [-0.15, -0.1) is 0 Å². The van der Waals surface area contributed by atoms with Crippen molar-refractivity contribution in [3.05, 3.63) is 46.5 Å². The molecular formula is C16H15N3O3. The average molecular weight is 297 g/mol. The van der Waals surface area contributed by atoms with Crippen LogP contribution in [-0.2, 0) is 0 Å². The normalized spacial score (nSPS) is 11.2. The van der Waals surface area contributed by atoms with Crippen molar-refractivity contribution in [2.45, 2.75) is 20.0 Å². The second kappa shape index (κ2) is 5.14. The molecule has 0 saturated carbocycles. The molecule has 0 aliphatic heterocycles. The lowest BCUT2D eigenvalue weighted by atomic mass is 10.1. The fourth-order valence-electron chi connectivity index (χ4n) is 2.40. The first kappa shape index (κ1) is 14.1. The SMILES string of the molecule is CC(C)Oc1ccc2nc3cc([N+](=O)[O-])ccc3c(N)c2c1. The van der Waals surface area contributed by atoms with Gasteiger partial charge in [0, 0.05) is 22.9 Å². The van der Waals surface area contributed by atoms with E-state index in [9.17, 15) is 10.1 Å². The lowest BCUT2D eigenvalue weighted by Gasteiger charge is -2.12. The van der Waals surface area contributed by atoms with Gasteiger partial charge in [0.05, 0.1) is 27.7 Å². The number of hydrogen-bond donors (Lipinski definition) is 1. The number of rotatable bonds is 3. The summed E-state index contributed by atoms with van der Waals surface area (Å²) in [5.74, 6) is 0.720. The summed E-state index contributed by atoms with van der Waals surface area (Å²) in [5, 5.41) is 12.3. The second-order valence-corrected chi connectivity index (χ2v) is 5.33. The molecule has 3 rings (SSSR count). The Bertz CT molecular complexity index is 891. The molecule has 0 fully saturated rings. The van der Waals surface area contributed by atoms with Crippen LogP contribution in [0.1, 0.15) is 13.8 Å². The van der Waals surface area contributed by atoms with Crippen molar-refractivity contribution in [2.75, 3.05) is 5.73 Å². The third-order valence-corrected chi connectivity index (χ3v) is 3.35. The highest BCUT2D eigenvalue weighted by molar-refractivity contribution is 6.07. The molecule has 22 heavy (non-hydrogen) atoms. The Hall–Kier alpha value is -2.89. The summed E-state index contributed by atoms with van der Waals surface area (Å²) in [4.78, 5) is 14.9. The van der Waals surface area contributed by atoms with E-state index in [1.54, 1.807) is 6.07 Å². The summed E-state index contributed by atoms with van der Waals surface area (Å²) in [7, 11) is 0. The Morgan fingerprint density at radius 2 is 1.91 bits per heavy atom. The molecule has 2 aromatic carbocycles. The number of nitro benzene ring substituents is 1. The minimum Gasteiger partial charge on any atom is -0.491 e. The monoisotopic (exact) mass is 297 g/mol. The summed E-state index contributed by atoms with van der Waals surface area (Å²) < 4.78 is 5.67. The standard InChI is InChI=1S/C16H15N3O3/c1-9(2)22-11-4-6-14-13(8-11)16(17)12-5-3-10(19(20)21)7-15(12)18-14/h3-9H,1-2H3,(H2,17,18). The number of ether oxygens (including phenoxy) is 1. The largest absolute Gasteiger partial charge is 0.491 e. The first-order valence-electron chi connectivity index (χ1n) is 6.90. The van der Waals surface area contributed by atoms with Crippen molar-refractivity contribution in [2.24, 2.45) is 0 Å². The van der Waals surface area contributed by atoms with E-state index >= 15 is 0 Å². The van der Waals surface area contributed by atoms with Crippen LogP contribution in [0, 0.1) is 10.1 Å². The molecule has 6 nitrogen and oxygen atoms in total. The van der Waals surface area contributed by atoms with E-state index in [0.717, 1.165) is 11.1 Å². The number of nitrogen functional groups attached to an aromatic ring is 1. The van der Waals surface area contributed by atoms with Crippen LogP contribution in [-0.4, -0.2) is 16.0 Å². The van der Waals surface area contributed by atoms with E-state index in [1.165, 1.54) is 12.1 Å². The second-order valence-electron chi connectivity index (χ2n) is 5.33. The van der Waals surface area contributed by atoms with Gasteiger partial charge in [0.2, 0.25) is 0 Å². The molecule has 0 amide bonds. The third-order valence-electron chi connectivity index (χ3n) is 3.35. The van der Waals surface area contributed by atoms with Gasteiger partial charge >= 0.3 is 0 Å². The number of anilines is 1. The number of nitrogens with two attached hydrogens (primary N) is 1. The molecule has 6 heteroatoms. The lowest BCUT2D eigenvalue weighted by Crippen LogP contribution is -2.05. The van der Waals surface area contributed by atoms with Crippen LogP contribution in [0.2, 0.25) is 0 Å². The fourth-order valence-corrected chi connectivity index (χ4v) is 2.40. The Kier molecular flexibility index (Phi) is 3.29. The third kappa shape index (κ3) is 2.39. The quantitative estimate of drug-likeness (QED) is 0.452. The first-order chi connectivity index (χ1) is 10.5. The number of nitrogens with zero attached hydrogens (tertiary/aromatic N) is 2. The summed E-state index contributed by atoms with van der Waals surface area (Å²) >= 11 is 0. The maximum absolute atomic E-state index is 10.9. The molecule has 0 saturated heterocycles. The van der Waals surface area contributed by atoms with Crippen LogP contribution < -0.4 is 10.5 Å². The zero-order valence-corrected chi connectivity index (χ0v) is 12.2. The zero-order valence-electron chi connectivity index (χ0n) is 12.2.